The van der Waals surface area contributed by atoms with E-state index in [0.717, 1.165) is 17.5 Å². The number of hydrogen-bond acceptors (Lipinski definition) is 5. The van der Waals surface area contributed by atoms with Crippen molar-refractivity contribution >= 4 is 22.7 Å². The highest BCUT2D eigenvalue weighted by atomic mass is 19.1. The van der Waals surface area contributed by atoms with Crippen LogP contribution in [0.3, 0.4) is 0 Å². The Morgan fingerprint density at radius 2 is 1.84 bits per heavy atom. The number of benzene rings is 2. The van der Waals surface area contributed by atoms with Gasteiger partial charge in [-0.2, -0.15) is 0 Å². The minimum atomic E-state index is -0.275. The lowest BCUT2D eigenvalue weighted by Crippen LogP contribution is -2.50. The van der Waals surface area contributed by atoms with Crippen LogP contribution in [-0.2, 0) is 24.3 Å². The van der Waals surface area contributed by atoms with Gasteiger partial charge in [-0.15, -0.1) is 0 Å². The molecule has 1 aliphatic heterocycles. The Balaban J connectivity index is 1.27. The number of aromatic nitrogens is 2. The van der Waals surface area contributed by atoms with Gasteiger partial charge in [0.1, 0.15) is 12.1 Å². The van der Waals surface area contributed by atoms with Gasteiger partial charge in [0.2, 0.25) is 11.8 Å². The molecule has 2 amide bonds. The molecule has 0 bridgehead atoms. The second-order valence-electron chi connectivity index (χ2n) is 9.37. The zero-order valence-corrected chi connectivity index (χ0v) is 20.8. The molecule has 0 spiro atoms. The quantitative estimate of drug-likeness (QED) is 0.395. The van der Waals surface area contributed by atoms with E-state index in [1.54, 1.807) is 15.9 Å². The van der Waals surface area contributed by atoms with E-state index in [-0.39, 0.29) is 23.3 Å². The largest absolute Gasteiger partial charge is 0.447 e. The summed E-state index contributed by atoms with van der Waals surface area (Å²) in [5.74, 6) is -0.0282. The van der Waals surface area contributed by atoms with Crippen molar-refractivity contribution in [2.24, 2.45) is 0 Å². The fourth-order valence-electron chi connectivity index (χ4n) is 4.78. The number of fused-ring (bicyclic) bond motifs is 1. The maximum Gasteiger partial charge on any atom is 0.275 e. The molecule has 5 rings (SSSR count). The van der Waals surface area contributed by atoms with Gasteiger partial charge in [-0.25, -0.2) is 9.37 Å². The number of nitrogens with zero attached hydrogens (tertiary/aromatic N) is 4. The molecule has 2 aromatic carbocycles. The molecule has 0 saturated carbocycles. The number of hydrogen-bond donors (Lipinski definition) is 1. The number of aromatic amines is 1. The summed E-state index contributed by atoms with van der Waals surface area (Å²) in [5, 5.41) is 1.18. The lowest BCUT2D eigenvalue weighted by atomic mass is 10.1. The van der Waals surface area contributed by atoms with Gasteiger partial charge in [-0.05, 0) is 35.7 Å². The van der Waals surface area contributed by atoms with Gasteiger partial charge in [0, 0.05) is 63.3 Å². The molecule has 8 nitrogen and oxygen atoms in total. The molecule has 1 aliphatic rings. The number of H-pyrrole nitrogens is 1. The third-order valence-corrected chi connectivity index (χ3v) is 6.81. The second-order valence-corrected chi connectivity index (χ2v) is 9.37. The highest BCUT2D eigenvalue weighted by Crippen LogP contribution is 2.20. The lowest BCUT2D eigenvalue weighted by Gasteiger charge is -2.33. The van der Waals surface area contributed by atoms with Gasteiger partial charge in [-0.3, -0.25) is 14.5 Å². The average Bonchev–Trinajstić information content (AvgIpc) is 3.54. The van der Waals surface area contributed by atoms with E-state index >= 15 is 0 Å². The summed E-state index contributed by atoms with van der Waals surface area (Å²) >= 11 is 0. The fourth-order valence-corrected chi connectivity index (χ4v) is 4.78. The number of rotatable bonds is 8. The Kier molecular flexibility index (Phi) is 7.32. The molecule has 1 N–H and O–H groups in total. The number of piperazine rings is 1. The van der Waals surface area contributed by atoms with Crippen LogP contribution < -0.4 is 0 Å². The molecule has 4 aromatic rings. The fraction of sp³-hybridized carbons (Fsp3) is 0.321. The van der Waals surface area contributed by atoms with Crippen LogP contribution in [0.4, 0.5) is 4.39 Å². The van der Waals surface area contributed by atoms with E-state index < -0.39 is 0 Å². The molecule has 0 unspecified atom stereocenters. The van der Waals surface area contributed by atoms with Crippen molar-refractivity contribution in [3.05, 3.63) is 89.5 Å². The topological polar surface area (TPSA) is 85.7 Å². The molecule has 1 fully saturated rings. The van der Waals surface area contributed by atoms with Crippen molar-refractivity contribution in [1.82, 2.24) is 24.7 Å². The summed E-state index contributed by atoms with van der Waals surface area (Å²) < 4.78 is 19.5. The van der Waals surface area contributed by atoms with Gasteiger partial charge in [0.05, 0.1) is 6.54 Å². The summed E-state index contributed by atoms with van der Waals surface area (Å²) in [7, 11) is 0. The summed E-state index contributed by atoms with van der Waals surface area (Å²) in [5.41, 5.74) is 3.40. The number of oxazole rings is 1. The van der Waals surface area contributed by atoms with Crippen molar-refractivity contribution < 1.29 is 18.4 Å². The summed E-state index contributed by atoms with van der Waals surface area (Å²) in [6.07, 6.45) is 4.21. The maximum atomic E-state index is 13.8. The summed E-state index contributed by atoms with van der Waals surface area (Å²) in [6, 6.07) is 14.7. The predicted molar refractivity (Wildman–Crippen MR) is 137 cm³/mol. The predicted octanol–water partition coefficient (Wildman–Crippen LogP) is 3.84. The first kappa shape index (κ1) is 24.7. The first-order chi connectivity index (χ1) is 18.0. The van der Waals surface area contributed by atoms with Gasteiger partial charge in [0.25, 0.3) is 5.91 Å². The maximum absolute atomic E-state index is 13.8. The van der Waals surface area contributed by atoms with Crippen LogP contribution in [-0.4, -0.2) is 69.2 Å². The Morgan fingerprint density at radius 3 is 2.62 bits per heavy atom. The Bertz CT molecular complexity index is 1390. The van der Waals surface area contributed by atoms with E-state index in [1.165, 1.54) is 36.3 Å². The molecular formula is C28H30FN5O3. The minimum absolute atomic E-state index is 0.0156. The normalized spacial score (nSPS) is 14.0. The third kappa shape index (κ3) is 5.89. The lowest BCUT2D eigenvalue weighted by molar-refractivity contribution is -0.130. The number of carbonyl (C=O) groups is 2. The van der Waals surface area contributed by atoms with Gasteiger partial charge < -0.3 is 19.2 Å². The SMILES string of the molecule is CC(=O)N1CCN(C(=O)c2coc(CN(CCc3c[nH]c4ccccc34)Cc3cccc(F)c3)n2)CC1. The first-order valence-electron chi connectivity index (χ1n) is 12.5. The first-order valence-corrected chi connectivity index (χ1v) is 12.5. The summed E-state index contributed by atoms with van der Waals surface area (Å²) in [4.78, 5) is 37.9. The van der Waals surface area contributed by atoms with Crippen molar-refractivity contribution in [3.8, 4) is 0 Å². The molecule has 2 aromatic heterocycles. The van der Waals surface area contributed by atoms with E-state index in [1.807, 2.05) is 24.4 Å². The van der Waals surface area contributed by atoms with Crippen LogP contribution in [0.5, 0.6) is 0 Å². The summed E-state index contributed by atoms with van der Waals surface area (Å²) in [6.45, 7) is 5.09. The van der Waals surface area contributed by atoms with Gasteiger partial charge >= 0.3 is 0 Å². The molecule has 9 heteroatoms. The van der Waals surface area contributed by atoms with Crippen molar-refractivity contribution in [3.63, 3.8) is 0 Å². The third-order valence-electron chi connectivity index (χ3n) is 6.81. The Morgan fingerprint density at radius 1 is 1.05 bits per heavy atom. The van der Waals surface area contributed by atoms with Crippen molar-refractivity contribution in [2.45, 2.75) is 26.4 Å². The monoisotopic (exact) mass is 503 g/mol. The van der Waals surface area contributed by atoms with Crippen LogP contribution in [0.25, 0.3) is 10.9 Å². The van der Waals surface area contributed by atoms with Crippen LogP contribution in [0.15, 0.2) is 65.4 Å². The van der Waals surface area contributed by atoms with E-state index in [2.05, 4.69) is 27.0 Å². The Labute approximate surface area is 214 Å². The number of para-hydroxylation sites is 1. The van der Waals surface area contributed by atoms with Gasteiger partial charge in [0.15, 0.2) is 5.69 Å². The molecule has 0 atom stereocenters. The van der Waals surface area contributed by atoms with Crippen LogP contribution in [0.1, 0.15) is 34.4 Å². The highest BCUT2D eigenvalue weighted by Gasteiger charge is 2.25. The van der Waals surface area contributed by atoms with Crippen LogP contribution in [0.2, 0.25) is 0 Å². The number of carbonyl (C=O) groups excluding carboxylic acids is 2. The number of halogens is 1. The van der Waals surface area contributed by atoms with Crippen molar-refractivity contribution in [2.75, 3.05) is 32.7 Å². The standard InChI is InChI=1S/C28H30FN5O3/c1-20(35)33-11-13-34(14-12-33)28(36)26-19-37-27(31-26)18-32(17-21-5-4-6-23(29)15-21)10-9-22-16-30-25-8-3-2-7-24(22)25/h2-8,15-16,19,30H,9-14,17-18H2,1H3. The molecule has 0 aliphatic carbocycles. The Hall–Kier alpha value is -3.98. The molecule has 0 radical (unpaired) electrons. The molecule has 3 heterocycles. The van der Waals surface area contributed by atoms with E-state index in [4.69, 9.17) is 4.42 Å². The number of nitrogens with one attached hydrogen (secondary N) is 1. The molecule has 192 valence electrons. The van der Waals surface area contributed by atoms with E-state index in [0.29, 0.717) is 51.7 Å². The molecular weight excluding hydrogens is 473 g/mol. The minimum Gasteiger partial charge on any atom is -0.447 e. The zero-order valence-electron chi connectivity index (χ0n) is 20.8. The smallest absolute Gasteiger partial charge is 0.275 e. The second kappa shape index (κ2) is 11.0. The van der Waals surface area contributed by atoms with E-state index in [9.17, 15) is 14.0 Å². The zero-order chi connectivity index (χ0) is 25.8. The average molecular weight is 504 g/mol. The van der Waals surface area contributed by atoms with Gasteiger partial charge in [-0.1, -0.05) is 30.3 Å². The molecule has 1 saturated heterocycles. The number of amides is 2. The molecule has 37 heavy (non-hydrogen) atoms. The van der Waals surface area contributed by atoms with Crippen LogP contribution in [0, 0.1) is 5.82 Å². The van der Waals surface area contributed by atoms with Crippen LogP contribution >= 0.6 is 0 Å². The highest BCUT2D eigenvalue weighted by molar-refractivity contribution is 5.92. The van der Waals surface area contributed by atoms with Crippen molar-refractivity contribution in [1.29, 1.82) is 0 Å².